The highest BCUT2D eigenvalue weighted by Crippen LogP contribution is 2.17. The van der Waals surface area contributed by atoms with Gasteiger partial charge in [-0.3, -0.25) is 10.2 Å². The van der Waals surface area contributed by atoms with Crippen LogP contribution in [0.2, 0.25) is 0 Å². The normalized spacial score (nSPS) is 11.6. The third kappa shape index (κ3) is 4.25. The molecule has 0 aliphatic rings. The van der Waals surface area contributed by atoms with E-state index in [1.54, 1.807) is 18.7 Å². The maximum absolute atomic E-state index is 13.3. The Morgan fingerprint density at radius 3 is 2.26 bits per heavy atom. The van der Waals surface area contributed by atoms with Gasteiger partial charge in [-0.15, -0.1) is 4.83 Å². The molecule has 1 amide bonds. The summed E-state index contributed by atoms with van der Waals surface area (Å²) < 4.78 is 49.9. The molecule has 2 N–H and O–H groups in total. The first-order chi connectivity index (χ1) is 8.74. The van der Waals surface area contributed by atoms with Gasteiger partial charge in [-0.05, 0) is 18.1 Å². The van der Waals surface area contributed by atoms with Gasteiger partial charge in [0.1, 0.15) is 11.6 Å². The van der Waals surface area contributed by atoms with Crippen LogP contribution in [-0.4, -0.2) is 14.3 Å². The van der Waals surface area contributed by atoms with Crippen LogP contribution in [0.3, 0.4) is 0 Å². The van der Waals surface area contributed by atoms with Crippen LogP contribution in [0.1, 0.15) is 20.3 Å². The summed E-state index contributed by atoms with van der Waals surface area (Å²) in [5.41, 5.74) is 1.90. The molecule has 1 aromatic rings. The van der Waals surface area contributed by atoms with E-state index in [-0.39, 0.29) is 12.3 Å². The molecule has 0 bridgehead atoms. The highest BCUT2D eigenvalue weighted by Gasteiger charge is 2.24. The Bertz CT molecular complexity index is 553. The van der Waals surface area contributed by atoms with Crippen molar-refractivity contribution < 1.29 is 22.0 Å². The van der Waals surface area contributed by atoms with Crippen molar-refractivity contribution in [3.63, 3.8) is 0 Å². The summed E-state index contributed by atoms with van der Waals surface area (Å²) in [6, 6.07) is 2.67. The molecule has 0 unspecified atom stereocenters. The Balaban J connectivity index is 2.85. The molecule has 8 heteroatoms. The highest BCUT2D eigenvalue weighted by molar-refractivity contribution is 7.89. The fourth-order valence-corrected chi connectivity index (χ4v) is 2.34. The average Bonchev–Trinajstić information content (AvgIpc) is 2.25. The van der Waals surface area contributed by atoms with E-state index >= 15 is 0 Å². The summed E-state index contributed by atoms with van der Waals surface area (Å²) in [4.78, 5) is 11.8. The number of nitrogens with one attached hydrogen (secondary N) is 2. The Hall–Kier alpha value is -1.54. The standard InChI is InChI=1S/C11H14F2N2O3S/c1-7(2)6-10(16)14-15-19(17,18)11-8(12)4-3-5-9(11)13/h3-5,7,15H,6H2,1-2H3,(H,14,16). The van der Waals surface area contributed by atoms with Crippen molar-refractivity contribution in [1.29, 1.82) is 0 Å². The Kier molecular flexibility index (Phi) is 4.96. The molecule has 1 aromatic carbocycles. The molecule has 0 spiro atoms. The second kappa shape index (κ2) is 6.07. The molecule has 0 atom stereocenters. The predicted molar refractivity (Wildman–Crippen MR) is 64.3 cm³/mol. The third-order valence-electron chi connectivity index (χ3n) is 2.11. The summed E-state index contributed by atoms with van der Waals surface area (Å²) >= 11 is 0. The van der Waals surface area contributed by atoms with Crippen molar-refractivity contribution in [3.8, 4) is 0 Å². The van der Waals surface area contributed by atoms with E-state index < -0.39 is 32.5 Å². The van der Waals surface area contributed by atoms with Gasteiger partial charge in [0.05, 0.1) is 0 Å². The molecule has 0 saturated carbocycles. The van der Waals surface area contributed by atoms with Crippen LogP contribution >= 0.6 is 0 Å². The van der Waals surface area contributed by atoms with E-state index in [0.29, 0.717) is 0 Å². The van der Waals surface area contributed by atoms with E-state index in [4.69, 9.17) is 0 Å². The van der Waals surface area contributed by atoms with Crippen molar-refractivity contribution in [3.05, 3.63) is 29.8 Å². The van der Waals surface area contributed by atoms with Crippen molar-refractivity contribution in [2.24, 2.45) is 5.92 Å². The monoisotopic (exact) mass is 292 g/mol. The molecule has 0 radical (unpaired) electrons. The van der Waals surface area contributed by atoms with E-state index in [0.717, 1.165) is 18.2 Å². The number of hydrogen-bond donors (Lipinski definition) is 2. The van der Waals surface area contributed by atoms with E-state index in [1.165, 1.54) is 0 Å². The zero-order valence-electron chi connectivity index (χ0n) is 10.4. The first kappa shape index (κ1) is 15.5. The topological polar surface area (TPSA) is 75.3 Å². The Morgan fingerprint density at radius 2 is 1.79 bits per heavy atom. The lowest BCUT2D eigenvalue weighted by atomic mass is 10.1. The molecular formula is C11H14F2N2O3S. The number of rotatable bonds is 5. The maximum Gasteiger partial charge on any atom is 0.263 e. The summed E-state index contributed by atoms with van der Waals surface area (Å²) in [7, 11) is -4.48. The summed E-state index contributed by atoms with van der Waals surface area (Å²) in [5.74, 6) is -3.03. The lowest BCUT2D eigenvalue weighted by Crippen LogP contribution is -2.42. The minimum absolute atomic E-state index is 0.0229. The summed E-state index contributed by atoms with van der Waals surface area (Å²) in [6.07, 6.45) is 0.0856. The predicted octanol–water partition coefficient (Wildman–Crippen LogP) is 1.32. The number of amides is 1. The van der Waals surface area contributed by atoms with Crippen LogP contribution < -0.4 is 10.3 Å². The second-order valence-corrected chi connectivity index (χ2v) is 5.92. The van der Waals surface area contributed by atoms with Crippen LogP contribution in [-0.2, 0) is 14.8 Å². The van der Waals surface area contributed by atoms with Crippen LogP contribution in [0.15, 0.2) is 23.1 Å². The second-order valence-electron chi connectivity index (χ2n) is 4.30. The smallest absolute Gasteiger partial charge is 0.263 e. The molecule has 106 valence electrons. The average molecular weight is 292 g/mol. The van der Waals surface area contributed by atoms with Gasteiger partial charge in [0.15, 0.2) is 4.90 Å². The summed E-state index contributed by atoms with van der Waals surface area (Å²) in [6.45, 7) is 3.54. The molecule has 0 aromatic heterocycles. The Morgan fingerprint density at radius 1 is 1.26 bits per heavy atom. The fraction of sp³-hybridized carbons (Fsp3) is 0.364. The molecule has 5 nitrogen and oxygen atoms in total. The largest absolute Gasteiger partial charge is 0.278 e. The minimum atomic E-state index is -4.48. The van der Waals surface area contributed by atoms with E-state index in [1.807, 2.05) is 5.43 Å². The van der Waals surface area contributed by atoms with Gasteiger partial charge in [0, 0.05) is 6.42 Å². The van der Waals surface area contributed by atoms with Crippen LogP contribution in [0.25, 0.3) is 0 Å². The minimum Gasteiger partial charge on any atom is -0.278 e. The van der Waals surface area contributed by atoms with E-state index in [9.17, 15) is 22.0 Å². The first-order valence-corrected chi connectivity index (χ1v) is 6.97. The highest BCUT2D eigenvalue weighted by atomic mass is 32.2. The van der Waals surface area contributed by atoms with Gasteiger partial charge in [-0.25, -0.2) is 17.2 Å². The van der Waals surface area contributed by atoms with Gasteiger partial charge >= 0.3 is 0 Å². The van der Waals surface area contributed by atoms with Gasteiger partial charge in [-0.1, -0.05) is 19.9 Å². The number of carbonyl (C=O) groups is 1. The van der Waals surface area contributed by atoms with Crippen molar-refractivity contribution >= 4 is 15.9 Å². The van der Waals surface area contributed by atoms with Crippen molar-refractivity contribution in [2.45, 2.75) is 25.2 Å². The molecular weight excluding hydrogens is 278 g/mol. The maximum atomic E-state index is 13.3. The summed E-state index contributed by atoms with van der Waals surface area (Å²) in [5, 5.41) is 0. The molecule has 0 heterocycles. The van der Waals surface area contributed by atoms with Crippen LogP contribution in [0.5, 0.6) is 0 Å². The van der Waals surface area contributed by atoms with Gasteiger partial charge < -0.3 is 0 Å². The molecule has 1 rings (SSSR count). The zero-order chi connectivity index (χ0) is 14.6. The van der Waals surface area contributed by atoms with Crippen molar-refractivity contribution in [2.75, 3.05) is 0 Å². The number of hydrazine groups is 1. The first-order valence-electron chi connectivity index (χ1n) is 5.48. The number of sulfonamides is 1. The number of carbonyl (C=O) groups excluding carboxylic acids is 1. The molecule has 0 aliphatic carbocycles. The number of benzene rings is 1. The molecule has 19 heavy (non-hydrogen) atoms. The van der Waals surface area contributed by atoms with Gasteiger partial charge in [-0.2, -0.15) is 0 Å². The fourth-order valence-electron chi connectivity index (χ4n) is 1.34. The Labute approximate surface area is 110 Å². The zero-order valence-corrected chi connectivity index (χ0v) is 11.2. The van der Waals surface area contributed by atoms with Crippen LogP contribution in [0.4, 0.5) is 8.78 Å². The third-order valence-corrected chi connectivity index (χ3v) is 3.40. The lowest BCUT2D eigenvalue weighted by Gasteiger charge is -2.10. The van der Waals surface area contributed by atoms with E-state index in [2.05, 4.69) is 0 Å². The lowest BCUT2D eigenvalue weighted by molar-refractivity contribution is -0.122. The van der Waals surface area contributed by atoms with Crippen LogP contribution in [0, 0.1) is 17.6 Å². The number of halogens is 2. The quantitative estimate of drug-likeness (QED) is 0.804. The SMILES string of the molecule is CC(C)CC(=O)NNS(=O)(=O)c1c(F)cccc1F. The number of hydrogen-bond acceptors (Lipinski definition) is 3. The molecule has 0 aliphatic heterocycles. The molecule has 0 saturated heterocycles. The van der Waals surface area contributed by atoms with Gasteiger partial charge in [0.2, 0.25) is 5.91 Å². The van der Waals surface area contributed by atoms with Gasteiger partial charge in [0.25, 0.3) is 10.0 Å². The molecule has 0 fully saturated rings. The van der Waals surface area contributed by atoms with Crippen molar-refractivity contribution in [1.82, 2.24) is 10.3 Å².